The molecule has 2 aromatic heterocycles. The summed E-state index contributed by atoms with van der Waals surface area (Å²) in [4.78, 5) is 18.5. The summed E-state index contributed by atoms with van der Waals surface area (Å²) >= 11 is 0. The predicted molar refractivity (Wildman–Crippen MR) is 95.3 cm³/mol. The minimum atomic E-state index is -0.170. The Labute approximate surface area is 149 Å². The SMILES string of the molecule is Nc1ncnc2c1ncn2[C@@H]1C[C@H](CO)[C@H]2C(c3ccccc3)=NO[C@H]21. The number of aliphatic hydroxyl groups is 1. The first-order valence-corrected chi connectivity index (χ1v) is 8.61. The van der Waals surface area contributed by atoms with Crippen LogP contribution < -0.4 is 5.73 Å². The molecule has 0 amide bonds. The van der Waals surface area contributed by atoms with Crippen LogP contribution in [0, 0.1) is 11.8 Å². The second-order valence-electron chi connectivity index (χ2n) is 6.77. The summed E-state index contributed by atoms with van der Waals surface area (Å²) < 4.78 is 1.98. The van der Waals surface area contributed by atoms with E-state index >= 15 is 0 Å². The molecule has 0 spiro atoms. The Hall–Kier alpha value is -3.00. The van der Waals surface area contributed by atoms with Gasteiger partial charge in [0, 0.05) is 6.61 Å². The molecule has 3 aromatic rings. The van der Waals surface area contributed by atoms with Crippen LogP contribution in [-0.2, 0) is 4.84 Å². The van der Waals surface area contributed by atoms with Crippen molar-refractivity contribution >= 4 is 22.7 Å². The number of anilines is 1. The lowest BCUT2D eigenvalue weighted by atomic mass is 9.87. The van der Waals surface area contributed by atoms with Crippen molar-refractivity contribution in [1.82, 2.24) is 19.5 Å². The van der Waals surface area contributed by atoms with Crippen LogP contribution in [0.1, 0.15) is 18.0 Å². The van der Waals surface area contributed by atoms with Crippen LogP contribution in [0.5, 0.6) is 0 Å². The second-order valence-corrected chi connectivity index (χ2v) is 6.77. The van der Waals surface area contributed by atoms with Gasteiger partial charge in [0.15, 0.2) is 17.6 Å². The zero-order valence-electron chi connectivity index (χ0n) is 13.9. The van der Waals surface area contributed by atoms with Crippen LogP contribution in [0.3, 0.4) is 0 Å². The van der Waals surface area contributed by atoms with E-state index in [4.69, 9.17) is 10.6 Å². The maximum atomic E-state index is 9.97. The fourth-order valence-electron chi connectivity index (χ4n) is 4.22. The van der Waals surface area contributed by atoms with E-state index in [0.717, 1.165) is 17.7 Å². The van der Waals surface area contributed by atoms with Crippen molar-refractivity contribution < 1.29 is 9.94 Å². The number of imidazole rings is 1. The van der Waals surface area contributed by atoms with E-state index in [1.54, 1.807) is 6.33 Å². The Balaban J connectivity index is 1.54. The number of aromatic nitrogens is 4. The van der Waals surface area contributed by atoms with Crippen molar-refractivity contribution in [3.8, 4) is 0 Å². The van der Waals surface area contributed by atoms with Crippen LogP contribution in [0.25, 0.3) is 11.2 Å². The van der Waals surface area contributed by atoms with E-state index in [1.807, 2.05) is 34.9 Å². The van der Waals surface area contributed by atoms with Gasteiger partial charge in [0.25, 0.3) is 0 Å². The highest BCUT2D eigenvalue weighted by molar-refractivity contribution is 6.03. The molecule has 1 aliphatic carbocycles. The standard InChI is InChI=1S/C18H18N6O2/c19-17-15-18(21-8-20-17)24(9-22-15)12-6-11(7-25)13-14(23-26-16(12)13)10-4-2-1-3-5-10/h1-5,8-9,11-13,16,25H,6-7H2,(H2,19,20,21)/t11-,12-,13+,16+/m1/s1. The van der Waals surface area contributed by atoms with Gasteiger partial charge < -0.3 is 20.2 Å². The number of fused-ring (bicyclic) bond motifs is 2. The Morgan fingerprint density at radius 1 is 1.19 bits per heavy atom. The number of hydrogen-bond donors (Lipinski definition) is 2. The molecule has 0 saturated heterocycles. The molecule has 3 N–H and O–H groups in total. The quantitative estimate of drug-likeness (QED) is 0.738. The van der Waals surface area contributed by atoms with Gasteiger partial charge in [-0.1, -0.05) is 35.5 Å². The normalized spacial score (nSPS) is 27.3. The first-order chi connectivity index (χ1) is 12.8. The lowest BCUT2D eigenvalue weighted by Gasteiger charge is -2.19. The van der Waals surface area contributed by atoms with Gasteiger partial charge in [-0.25, -0.2) is 15.0 Å². The molecule has 8 nitrogen and oxygen atoms in total. The molecule has 26 heavy (non-hydrogen) atoms. The highest BCUT2D eigenvalue weighted by Crippen LogP contribution is 2.47. The third-order valence-corrected chi connectivity index (χ3v) is 5.42. The molecule has 5 rings (SSSR count). The van der Waals surface area contributed by atoms with Gasteiger partial charge in [0.1, 0.15) is 11.8 Å². The van der Waals surface area contributed by atoms with Gasteiger partial charge in [-0.15, -0.1) is 0 Å². The number of nitrogen functional groups attached to an aromatic ring is 1. The number of aliphatic hydroxyl groups excluding tert-OH is 1. The highest BCUT2D eigenvalue weighted by atomic mass is 16.6. The predicted octanol–water partition coefficient (Wildman–Crippen LogP) is 1.38. The van der Waals surface area contributed by atoms with Crippen molar-refractivity contribution in [2.24, 2.45) is 17.0 Å². The van der Waals surface area contributed by atoms with Gasteiger partial charge >= 0.3 is 0 Å². The van der Waals surface area contributed by atoms with E-state index in [9.17, 15) is 5.11 Å². The summed E-state index contributed by atoms with van der Waals surface area (Å²) in [6.45, 7) is 0.0800. The highest BCUT2D eigenvalue weighted by Gasteiger charge is 2.52. The van der Waals surface area contributed by atoms with Crippen LogP contribution in [0.2, 0.25) is 0 Å². The Morgan fingerprint density at radius 2 is 2.04 bits per heavy atom. The molecule has 0 radical (unpaired) electrons. The summed E-state index contributed by atoms with van der Waals surface area (Å²) in [5.41, 5.74) is 9.09. The third kappa shape index (κ3) is 2.12. The Kier molecular flexibility index (Phi) is 3.39. The second kappa shape index (κ2) is 5.77. The maximum Gasteiger partial charge on any atom is 0.165 e. The first-order valence-electron chi connectivity index (χ1n) is 8.61. The third-order valence-electron chi connectivity index (χ3n) is 5.42. The van der Waals surface area contributed by atoms with E-state index < -0.39 is 0 Å². The molecule has 2 aliphatic rings. The molecule has 132 valence electrons. The number of nitrogens with zero attached hydrogens (tertiary/aromatic N) is 5. The molecule has 4 atom stereocenters. The first kappa shape index (κ1) is 15.3. The van der Waals surface area contributed by atoms with Crippen LogP contribution in [-0.4, -0.2) is 43.0 Å². The molecular weight excluding hydrogens is 332 g/mol. The number of nitrogens with two attached hydrogens (primary N) is 1. The molecule has 0 bridgehead atoms. The van der Waals surface area contributed by atoms with Crippen molar-refractivity contribution in [2.45, 2.75) is 18.6 Å². The average molecular weight is 350 g/mol. The van der Waals surface area contributed by atoms with Crippen LogP contribution in [0.15, 0.2) is 48.1 Å². The number of benzene rings is 1. The zero-order valence-corrected chi connectivity index (χ0v) is 13.9. The van der Waals surface area contributed by atoms with Crippen molar-refractivity contribution in [1.29, 1.82) is 0 Å². The summed E-state index contributed by atoms with van der Waals surface area (Å²) in [6, 6.07) is 9.95. The van der Waals surface area contributed by atoms with Crippen LogP contribution >= 0.6 is 0 Å². The summed E-state index contributed by atoms with van der Waals surface area (Å²) in [6.07, 6.45) is 3.75. The summed E-state index contributed by atoms with van der Waals surface area (Å²) in [7, 11) is 0. The smallest absolute Gasteiger partial charge is 0.165 e. The zero-order chi connectivity index (χ0) is 17.7. The van der Waals surface area contributed by atoms with E-state index in [-0.39, 0.29) is 30.6 Å². The van der Waals surface area contributed by atoms with Gasteiger partial charge in [-0.2, -0.15) is 0 Å². The van der Waals surface area contributed by atoms with Crippen molar-refractivity contribution in [2.75, 3.05) is 12.3 Å². The number of rotatable bonds is 3. The molecule has 1 aromatic carbocycles. The van der Waals surface area contributed by atoms with E-state index in [2.05, 4.69) is 20.1 Å². The lowest BCUT2D eigenvalue weighted by Crippen LogP contribution is -2.28. The molecular formula is C18H18N6O2. The lowest BCUT2D eigenvalue weighted by molar-refractivity contribution is 0.0421. The molecule has 1 saturated carbocycles. The largest absolute Gasteiger partial charge is 0.396 e. The fraction of sp³-hybridized carbons (Fsp3) is 0.333. The van der Waals surface area contributed by atoms with Crippen molar-refractivity contribution in [3.63, 3.8) is 0 Å². The minimum Gasteiger partial charge on any atom is -0.396 e. The van der Waals surface area contributed by atoms with E-state index in [0.29, 0.717) is 17.0 Å². The molecule has 0 unspecified atom stereocenters. The van der Waals surface area contributed by atoms with Crippen LogP contribution in [0.4, 0.5) is 5.82 Å². The van der Waals surface area contributed by atoms with Crippen molar-refractivity contribution in [3.05, 3.63) is 48.5 Å². The molecule has 3 heterocycles. The minimum absolute atomic E-state index is 0.0265. The van der Waals surface area contributed by atoms with E-state index in [1.165, 1.54) is 6.33 Å². The molecule has 1 aliphatic heterocycles. The average Bonchev–Trinajstić information content (AvgIpc) is 3.36. The molecule has 1 fully saturated rings. The van der Waals surface area contributed by atoms with Gasteiger partial charge in [0.05, 0.1) is 24.0 Å². The Bertz CT molecular complexity index is 986. The number of hydrogen-bond acceptors (Lipinski definition) is 7. The number of oxime groups is 1. The Morgan fingerprint density at radius 3 is 2.85 bits per heavy atom. The summed E-state index contributed by atoms with van der Waals surface area (Å²) in [5, 5.41) is 14.3. The monoisotopic (exact) mass is 350 g/mol. The topological polar surface area (TPSA) is 111 Å². The maximum absolute atomic E-state index is 9.97. The molecule has 8 heteroatoms. The van der Waals surface area contributed by atoms with Gasteiger partial charge in [-0.3, -0.25) is 0 Å². The van der Waals surface area contributed by atoms with Gasteiger partial charge in [-0.05, 0) is 17.9 Å². The summed E-state index contributed by atoms with van der Waals surface area (Å²) in [5.74, 6) is 0.447. The fourth-order valence-corrected chi connectivity index (χ4v) is 4.22. The van der Waals surface area contributed by atoms with Gasteiger partial charge in [0.2, 0.25) is 0 Å².